The lowest BCUT2D eigenvalue weighted by atomic mass is 10.1. The van der Waals surface area contributed by atoms with Crippen LogP contribution in [-0.2, 0) is 13.0 Å². The summed E-state index contributed by atoms with van der Waals surface area (Å²) in [6, 6.07) is 11.0. The highest BCUT2D eigenvalue weighted by Crippen LogP contribution is 2.04. The van der Waals surface area contributed by atoms with Gasteiger partial charge in [-0.15, -0.1) is 0 Å². The molecule has 3 heteroatoms. The maximum atomic E-state index is 12.7. The summed E-state index contributed by atoms with van der Waals surface area (Å²) >= 11 is 0. The summed E-state index contributed by atoms with van der Waals surface area (Å²) < 4.78 is 12.7. The van der Waals surface area contributed by atoms with E-state index in [-0.39, 0.29) is 5.82 Å². The Bertz CT molecular complexity index is 468. The monoisotopic (exact) mass is 244 g/mol. The predicted octanol–water partition coefficient (Wildman–Crippen LogP) is 2.94. The second-order valence-corrected chi connectivity index (χ2v) is 4.47. The summed E-state index contributed by atoms with van der Waals surface area (Å²) in [5, 5.41) is 3.42. The molecule has 2 nitrogen and oxygen atoms in total. The van der Waals surface area contributed by atoms with E-state index in [0.717, 1.165) is 18.5 Å². The Morgan fingerprint density at radius 3 is 2.61 bits per heavy atom. The lowest BCUT2D eigenvalue weighted by Gasteiger charge is -2.13. The third kappa shape index (κ3) is 3.93. The van der Waals surface area contributed by atoms with Crippen molar-refractivity contribution in [3.8, 4) is 0 Å². The van der Waals surface area contributed by atoms with Crippen molar-refractivity contribution in [1.29, 1.82) is 0 Å². The summed E-state index contributed by atoms with van der Waals surface area (Å²) in [6.45, 7) is 2.89. The third-order valence-electron chi connectivity index (χ3n) is 2.83. The number of benzene rings is 1. The molecule has 0 aliphatic carbocycles. The van der Waals surface area contributed by atoms with Crippen molar-refractivity contribution in [2.45, 2.75) is 25.9 Å². The number of aromatic nitrogens is 1. The average Bonchev–Trinajstić information content (AvgIpc) is 2.39. The minimum atomic E-state index is -0.192. The highest BCUT2D eigenvalue weighted by molar-refractivity contribution is 5.16. The molecule has 2 aromatic rings. The number of pyridine rings is 1. The molecule has 0 amide bonds. The van der Waals surface area contributed by atoms with Gasteiger partial charge in [-0.05, 0) is 42.7 Å². The molecule has 0 saturated carbocycles. The quantitative estimate of drug-likeness (QED) is 0.874. The molecule has 2 rings (SSSR count). The highest BCUT2D eigenvalue weighted by Gasteiger charge is 2.03. The van der Waals surface area contributed by atoms with Gasteiger partial charge < -0.3 is 5.32 Å². The minimum Gasteiger partial charge on any atom is -0.310 e. The first kappa shape index (κ1) is 12.7. The smallest absolute Gasteiger partial charge is 0.123 e. The zero-order valence-corrected chi connectivity index (χ0v) is 10.4. The SMILES string of the molecule is CC(Cc1cccnc1)NCc1ccc(F)cc1. The fraction of sp³-hybridized carbons (Fsp3) is 0.267. The van der Waals surface area contributed by atoms with Crippen molar-refractivity contribution in [2.75, 3.05) is 0 Å². The number of hydrogen-bond acceptors (Lipinski definition) is 2. The Kier molecular flexibility index (Phi) is 4.42. The molecule has 1 aromatic carbocycles. The fourth-order valence-corrected chi connectivity index (χ4v) is 1.84. The third-order valence-corrected chi connectivity index (χ3v) is 2.83. The first-order valence-electron chi connectivity index (χ1n) is 6.11. The molecular formula is C15H17FN2. The molecule has 1 heterocycles. The standard InChI is InChI=1S/C15H17FN2/c1-12(9-14-3-2-8-17-10-14)18-11-13-4-6-15(16)7-5-13/h2-8,10,12,18H,9,11H2,1H3. The maximum absolute atomic E-state index is 12.7. The fourth-order valence-electron chi connectivity index (χ4n) is 1.84. The Labute approximate surface area is 107 Å². The van der Waals surface area contributed by atoms with E-state index in [0.29, 0.717) is 6.04 Å². The van der Waals surface area contributed by atoms with Crippen molar-refractivity contribution in [2.24, 2.45) is 0 Å². The van der Waals surface area contributed by atoms with Crippen molar-refractivity contribution in [3.05, 3.63) is 65.7 Å². The zero-order valence-electron chi connectivity index (χ0n) is 10.4. The molecular weight excluding hydrogens is 227 g/mol. The molecule has 94 valence electrons. The Morgan fingerprint density at radius 1 is 1.17 bits per heavy atom. The van der Waals surface area contributed by atoms with Crippen molar-refractivity contribution >= 4 is 0 Å². The van der Waals surface area contributed by atoms with Gasteiger partial charge >= 0.3 is 0 Å². The van der Waals surface area contributed by atoms with Gasteiger partial charge in [-0.3, -0.25) is 4.98 Å². The van der Waals surface area contributed by atoms with Gasteiger partial charge in [0.05, 0.1) is 0 Å². The van der Waals surface area contributed by atoms with E-state index in [1.54, 1.807) is 18.3 Å². The van der Waals surface area contributed by atoms with E-state index in [1.807, 2.05) is 12.3 Å². The van der Waals surface area contributed by atoms with Crippen LogP contribution in [0.5, 0.6) is 0 Å². The molecule has 0 fully saturated rings. The number of nitrogens with one attached hydrogen (secondary N) is 1. The zero-order chi connectivity index (χ0) is 12.8. The van der Waals surface area contributed by atoms with Crippen LogP contribution < -0.4 is 5.32 Å². The van der Waals surface area contributed by atoms with E-state index in [4.69, 9.17) is 0 Å². The number of hydrogen-bond donors (Lipinski definition) is 1. The molecule has 1 unspecified atom stereocenters. The van der Waals surface area contributed by atoms with Crippen LogP contribution in [0.15, 0.2) is 48.8 Å². The van der Waals surface area contributed by atoms with Crippen molar-refractivity contribution in [1.82, 2.24) is 10.3 Å². The second-order valence-electron chi connectivity index (χ2n) is 4.47. The van der Waals surface area contributed by atoms with Crippen LogP contribution in [-0.4, -0.2) is 11.0 Å². The van der Waals surface area contributed by atoms with Crippen molar-refractivity contribution in [3.63, 3.8) is 0 Å². The first-order chi connectivity index (χ1) is 8.74. The number of nitrogens with zero attached hydrogens (tertiary/aromatic N) is 1. The van der Waals surface area contributed by atoms with E-state index >= 15 is 0 Å². The van der Waals surface area contributed by atoms with Crippen LogP contribution in [0.2, 0.25) is 0 Å². The van der Waals surface area contributed by atoms with Gasteiger partial charge in [0.2, 0.25) is 0 Å². The van der Waals surface area contributed by atoms with Gasteiger partial charge in [0.25, 0.3) is 0 Å². The Morgan fingerprint density at radius 2 is 1.94 bits per heavy atom. The van der Waals surface area contributed by atoms with E-state index < -0.39 is 0 Å². The normalized spacial score (nSPS) is 12.3. The molecule has 18 heavy (non-hydrogen) atoms. The lowest BCUT2D eigenvalue weighted by molar-refractivity contribution is 0.544. The van der Waals surface area contributed by atoms with Gasteiger partial charge in [0.15, 0.2) is 0 Å². The van der Waals surface area contributed by atoms with Crippen molar-refractivity contribution < 1.29 is 4.39 Å². The Balaban J connectivity index is 1.81. The van der Waals surface area contributed by atoms with Gasteiger partial charge in [-0.1, -0.05) is 18.2 Å². The maximum Gasteiger partial charge on any atom is 0.123 e. The molecule has 0 spiro atoms. The van der Waals surface area contributed by atoms with Crippen LogP contribution in [0.25, 0.3) is 0 Å². The van der Waals surface area contributed by atoms with Gasteiger partial charge in [-0.2, -0.15) is 0 Å². The summed E-state index contributed by atoms with van der Waals surface area (Å²) in [4.78, 5) is 4.10. The number of rotatable bonds is 5. The van der Waals surface area contributed by atoms with Crippen LogP contribution in [0.4, 0.5) is 4.39 Å². The molecule has 0 saturated heterocycles. The van der Waals surface area contributed by atoms with E-state index in [9.17, 15) is 4.39 Å². The summed E-state index contributed by atoms with van der Waals surface area (Å²) in [5.74, 6) is -0.192. The van der Waals surface area contributed by atoms with Gasteiger partial charge in [0.1, 0.15) is 5.82 Å². The second kappa shape index (κ2) is 6.26. The van der Waals surface area contributed by atoms with Crippen LogP contribution in [0.3, 0.4) is 0 Å². The van der Waals surface area contributed by atoms with E-state index in [1.165, 1.54) is 17.7 Å². The lowest BCUT2D eigenvalue weighted by Crippen LogP contribution is -2.27. The molecule has 0 radical (unpaired) electrons. The molecule has 0 bridgehead atoms. The molecule has 0 aliphatic heterocycles. The van der Waals surface area contributed by atoms with E-state index in [2.05, 4.69) is 23.3 Å². The number of halogens is 1. The first-order valence-corrected chi connectivity index (χ1v) is 6.11. The van der Waals surface area contributed by atoms with Gasteiger partial charge in [0, 0.05) is 25.0 Å². The largest absolute Gasteiger partial charge is 0.310 e. The molecule has 0 aliphatic rings. The predicted molar refractivity (Wildman–Crippen MR) is 70.6 cm³/mol. The van der Waals surface area contributed by atoms with Crippen LogP contribution in [0, 0.1) is 5.82 Å². The van der Waals surface area contributed by atoms with Gasteiger partial charge in [-0.25, -0.2) is 4.39 Å². The summed E-state index contributed by atoms with van der Waals surface area (Å²) in [6.07, 6.45) is 4.60. The average molecular weight is 244 g/mol. The molecule has 1 N–H and O–H groups in total. The topological polar surface area (TPSA) is 24.9 Å². The Hall–Kier alpha value is -1.74. The molecule has 1 atom stereocenters. The highest BCUT2D eigenvalue weighted by atomic mass is 19.1. The van der Waals surface area contributed by atoms with Crippen LogP contribution >= 0.6 is 0 Å². The summed E-state index contributed by atoms with van der Waals surface area (Å²) in [7, 11) is 0. The summed E-state index contributed by atoms with van der Waals surface area (Å²) in [5.41, 5.74) is 2.31. The minimum absolute atomic E-state index is 0.192. The molecule has 1 aromatic heterocycles. The van der Waals surface area contributed by atoms with Crippen LogP contribution in [0.1, 0.15) is 18.1 Å².